The van der Waals surface area contributed by atoms with Gasteiger partial charge in [0, 0.05) is 38.3 Å². The predicted molar refractivity (Wildman–Crippen MR) is 73.8 cm³/mol. The van der Waals surface area contributed by atoms with Crippen molar-refractivity contribution in [2.75, 3.05) is 19.8 Å². The van der Waals surface area contributed by atoms with E-state index in [1.54, 1.807) is 0 Å². The highest BCUT2D eigenvalue weighted by Crippen LogP contribution is 2.32. The minimum atomic E-state index is 0.262. The zero-order valence-electron chi connectivity index (χ0n) is 11.7. The van der Waals surface area contributed by atoms with E-state index in [1.807, 2.05) is 0 Å². The van der Waals surface area contributed by atoms with Gasteiger partial charge >= 0.3 is 0 Å². The van der Waals surface area contributed by atoms with Gasteiger partial charge in [-0.25, -0.2) is 0 Å². The maximum atomic E-state index is 12.0. The van der Waals surface area contributed by atoms with Crippen LogP contribution in [-0.2, 0) is 9.53 Å². The third-order valence-corrected chi connectivity index (χ3v) is 4.97. The van der Waals surface area contributed by atoms with Crippen molar-refractivity contribution in [2.45, 2.75) is 57.0 Å². The van der Waals surface area contributed by atoms with E-state index in [-0.39, 0.29) is 5.91 Å². The van der Waals surface area contributed by atoms with E-state index in [0.29, 0.717) is 23.9 Å². The molecule has 0 aliphatic carbocycles. The molecule has 3 aliphatic heterocycles. The lowest BCUT2D eigenvalue weighted by molar-refractivity contribution is -0.122. The van der Waals surface area contributed by atoms with E-state index in [2.05, 4.69) is 10.6 Å². The Morgan fingerprint density at radius 2 is 1.74 bits per heavy atom. The fraction of sp³-hybridized carbons (Fsp3) is 0.933. The standard InChI is InChI=1S/C15H26N2O2/c18-15(16-10-11-3-5-19-6-4-11)9-12-7-13-1-2-14(8-12)17-13/h11-14,17H,1-10H2,(H,16,18). The summed E-state index contributed by atoms with van der Waals surface area (Å²) < 4.78 is 5.34. The van der Waals surface area contributed by atoms with Crippen LogP contribution in [0.4, 0.5) is 0 Å². The van der Waals surface area contributed by atoms with Crippen molar-refractivity contribution >= 4 is 5.91 Å². The normalized spacial score (nSPS) is 35.3. The number of fused-ring (bicyclic) bond motifs is 2. The van der Waals surface area contributed by atoms with E-state index in [9.17, 15) is 4.79 Å². The van der Waals surface area contributed by atoms with Crippen molar-refractivity contribution in [1.29, 1.82) is 0 Å². The molecule has 2 bridgehead atoms. The molecule has 4 nitrogen and oxygen atoms in total. The predicted octanol–water partition coefficient (Wildman–Crippen LogP) is 1.45. The Bertz CT molecular complexity index is 303. The van der Waals surface area contributed by atoms with Crippen LogP contribution >= 0.6 is 0 Å². The number of carbonyl (C=O) groups excluding carboxylic acids is 1. The highest BCUT2D eigenvalue weighted by Gasteiger charge is 2.34. The number of amides is 1. The summed E-state index contributed by atoms with van der Waals surface area (Å²) in [7, 11) is 0. The summed E-state index contributed by atoms with van der Waals surface area (Å²) in [4.78, 5) is 12.0. The molecule has 0 radical (unpaired) electrons. The number of ether oxygens (including phenoxy) is 1. The number of hydrogen-bond acceptors (Lipinski definition) is 3. The minimum absolute atomic E-state index is 0.262. The van der Waals surface area contributed by atoms with Gasteiger partial charge in [-0.05, 0) is 50.4 Å². The van der Waals surface area contributed by atoms with Crippen LogP contribution in [0.25, 0.3) is 0 Å². The zero-order valence-corrected chi connectivity index (χ0v) is 11.7. The molecule has 3 saturated heterocycles. The van der Waals surface area contributed by atoms with Crippen LogP contribution in [0.2, 0.25) is 0 Å². The van der Waals surface area contributed by atoms with Crippen molar-refractivity contribution in [3.05, 3.63) is 0 Å². The van der Waals surface area contributed by atoms with Crippen LogP contribution in [0.3, 0.4) is 0 Å². The van der Waals surface area contributed by atoms with Gasteiger partial charge in [-0.3, -0.25) is 4.79 Å². The molecule has 108 valence electrons. The lowest BCUT2D eigenvalue weighted by Crippen LogP contribution is -2.40. The molecule has 1 amide bonds. The lowest BCUT2D eigenvalue weighted by atomic mass is 9.89. The van der Waals surface area contributed by atoms with Crippen molar-refractivity contribution in [1.82, 2.24) is 10.6 Å². The summed E-state index contributed by atoms with van der Waals surface area (Å²) in [5, 5.41) is 6.77. The van der Waals surface area contributed by atoms with Crippen LogP contribution in [0.15, 0.2) is 0 Å². The average Bonchev–Trinajstić information content (AvgIpc) is 2.77. The second-order valence-electron chi connectivity index (χ2n) is 6.54. The lowest BCUT2D eigenvalue weighted by Gasteiger charge is -2.29. The first-order valence-electron chi connectivity index (χ1n) is 7.90. The molecule has 2 atom stereocenters. The van der Waals surface area contributed by atoms with Gasteiger partial charge in [0.05, 0.1) is 0 Å². The van der Waals surface area contributed by atoms with Gasteiger partial charge in [0.15, 0.2) is 0 Å². The molecule has 19 heavy (non-hydrogen) atoms. The van der Waals surface area contributed by atoms with E-state index in [0.717, 1.165) is 39.0 Å². The monoisotopic (exact) mass is 266 g/mol. The van der Waals surface area contributed by atoms with Gasteiger partial charge < -0.3 is 15.4 Å². The fourth-order valence-electron chi connectivity index (χ4n) is 3.88. The summed E-state index contributed by atoms with van der Waals surface area (Å²) in [6.45, 7) is 2.57. The summed E-state index contributed by atoms with van der Waals surface area (Å²) in [6.07, 6.45) is 7.94. The van der Waals surface area contributed by atoms with E-state index in [1.165, 1.54) is 25.7 Å². The van der Waals surface area contributed by atoms with Crippen molar-refractivity contribution in [3.63, 3.8) is 0 Å². The number of rotatable bonds is 4. The number of hydrogen-bond donors (Lipinski definition) is 2. The fourth-order valence-corrected chi connectivity index (χ4v) is 3.88. The molecule has 0 aromatic rings. The SMILES string of the molecule is O=C(CC1CC2CCC(C1)N2)NCC1CCOCC1. The quantitative estimate of drug-likeness (QED) is 0.810. The molecule has 4 heteroatoms. The largest absolute Gasteiger partial charge is 0.381 e. The molecule has 2 N–H and O–H groups in total. The number of carbonyl (C=O) groups is 1. The van der Waals surface area contributed by atoms with E-state index < -0.39 is 0 Å². The smallest absolute Gasteiger partial charge is 0.220 e. The first-order valence-corrected chi connectivity index (χ1v) is 7.90. The number of piperidine rings is 1. The first kappa shape index (κ1) is 13.4. The molecule has 2 unspecified atom stereocenters. The van der Waals surface area contributed by atoms with Crippen LogP contribution < -0.4 is 10.6 Å². The van der Waals surface area contributed by atoms with Gasteiger partial charge in [0.1, 0.15) is 0 Å². The number of nitrogens with one attached hydrogen (secondary N) is 2. The van der Waals surface area contributed by atoms with Gasteiger partial charge in [0.2, 0.25) is 5.91 Å². The molecule has 3 rings (SSSR count). The molecular formula is C15H26N2O2. The topological polar surface area (TPSA) is 50.4 Å². The summed E-state index contributed by atoms with van der Waals surface area (Å²) >= 11 is 0. The summed E-state index contributed by atoms with van der Waals surface area (Å²) in [5.74, 6) is 1.49. The third-order valence-electron chi connectivity index (χ3n) is 4.97. The highest BCUT2D eigenvalue weighted by atomic mass is 16.5. The summed E-state index contributed by atoms with van der Waals surface area (Å²) in [5.41, 5.74) is 0. The van der Waals surface area contributed by atoms with Crippen molar-refractivity contribution in [2.24, 2.45) is 11.8 Å². The average molecular weight is 266 g/mol. The Balaban J connectivity index is 1.36. The molecule has 3 heterocycles. The van der Waals surface area contributed by atoms with Crippen molar-refractivity contribution in [3.8, 4) is 0 Å². The van der Waals surface area contributed by atoms with Crippen LogP contribution in [0.5, 0.6) is 0 Å². The van der Waals surface area contributed by atoms with Gasteiger partial charge in [-0.2, -0.15) is 0 Å². The Hall–Kier alpha value is -0.610. The molecule has 0 spiro atoms. The Labute approximate surface area is 115 Å². The maximum Gasteiger partial charge on any atom is 0.220 e. The maximum absolute atomic E-state index is 12.0. The molecular weight excluding hydrogens is 240 g/mol. The minimum Gasteiger partial charge on any atom is -0.381 e. The molecule has 0 aromatic carbocycles. The molecule has 0 saturated carbocycles. The van der Waals surface area contributed by atoms with E-state index in [4.69, 9.17) is 4.74 Å². The molecule has 0 aromatic heterocycles. The first-order chi connectivity index (χ1) is 9.29. The second-order valence-corrected chi connectivity index (χ2v) is 6.54. The van der Waals surface area contributed by atoms with Crippen LogP contribution in [0.1, 0.15) is 44.9 Å². The summed E-state index contributed by atoms with van der Waals surface area (Å²) in [6, 6.07) is 1.37. The Morgan fingerprint density at radius 3 is 2.42 bits per heavy atom. The Kier molecular flexibility index (Phi) is 4.38. The highest BCUT2D eigenvalue weighted by molar-refractivity contribution is 5.76. The molecule has 3 fully saturated rings. The molecule has 3 aliphatic rings. The Morgan fingerprint density at radius 1 is 1.05 bits per heavy atom. The van der Waals surface area contributed by atoms with Crippen molar-refractivity contribution < 1.29 is 9.53 Å². The van der Waals surface area contributed by atoms with Gasteiger partial charge in [-0.15, -0.1) is 0 Å². The zero-order chi connectivity index (χ0) is 13.1. The van der Waals surface area contributed by atoms with E-state index >= 15 is 0 Å². The van der Waals surface area contributed by atoms with Gasteiger partial charge in [-0.1, -0.05) is 0 Å². The van der Waals surface area contributed by atoms with Gasteiger partial charge in [0.25, 0.3) is 0 Å². The third kappa shape index (κ3) is 3.69. The van der Waals surface area contributed by atoms with Crippen LogP contribution in [-0.4, -0.2) is 37.7 Å². The second kappa shape index (κ2) is 6.23. The van der Waals surface area contributed by atoms with Crippen LogP contribution in [0, 0.1) is 11.8 Å².